The molecule has 0 spiro atoms. The van der Waals surface area contributed by atoms with Crippen molar-refractivity contribution in [2.24, 2.45) is 7.05 Å². The van der Waals surface area contributed by atoms with Crippen LogP contribution < -0.4 is 9.47 Å². The topological polar surface area (TPSA) is 56.5 Å². The van der Waals surface area contributed by atoms with Crippen LogP contribution >= 0.6 is 15.9 Å². The number of hydrogen-bond donors (Lipinski definition) is 1. The van der Waals surface area contributed by atoms with E-state index in [1.165, 1.54) is 0 Å². The molecule has 108 valence electrons. The first-order valence-electron chi connectivity index (χ1n) is 6.29. The Morgan fingerprint density at radius 3 is 2.75 bits per heavy atom. The molecule has 0 saturated heterocycles. The lowest BCUT2D eigenvalue weighted by Gasteiger charge is -2.15. The molecule has 1 N–H and O–H groups in total. The van der Waals surface area contributed by atoms with E-state index >= 15 is 0 Å². The second kappa shape index (κ2) is 6.76. The smallest absolute Gasteiger partial charge is 0.175 e. The maximum Gasteiger partial charge on any atom is 0.175 e. The van der Waals surface area contributed by atoms with Gasteiger partial charge in [-0.2, -0.15) is 0 Å². The number of aliphatic hydroxyl groups is 1. The SMILES string of the molecule is CCOc1cc(CO)cc(Br)c1OCc1cncn1C. The Morgan fingerprint density at radius 2 is 2.15 bits per heavy atom. The highest BCUT2D eigenvalue weighted by Gasteiger charge is 2.13. The van der Waals surface area contributed by atoms with Crippen LogP contribution in [0.2, 0.25) is 0 Å². The number of ether oxygens (including phenoxy) is 2. The van der Waals surface area contributed by atoms with Gasteiger partial charge >= 0.3 is 0 Å². The highest BCUT2D eigenvalue weighted by Crippen LogP contribution is 2.37. The predicted octanol–water partition coefficient (Wildman–Crippen LogP) is 2.65. The second-order valence-corrected chi connectivity index (χ2v) is 5.13. The average Bonchev–Trinajstić information content (AvgIpc) is 2.83. The zero-order valence-corrected chi connectivity index (χ0v) is 13.1. The van der Waals surface area contributed by atoms with Gasteiger partial charge in [0.1, 0.15) is 6.61 Å². The number of hydrogen-bond acceptors (Lipinski definition) is 4. The molecule has 0 amide bonds. The minimum Gasteiger partial charge on any atom is -0.490 e. The average molecular weight is 341 g/mol. The van der Waals surface area contributed by atoms with Crippen LogP contribution in [0.3, 0.4) is 0 Å². The van der Waals surface area contributed by atoms with Crippen molar-refractivity contribution in [3.63, 3.8) is 0 Å². The monoisotopic (exact) mass is 340 g/mol. The van der Waals surface area contributed by atoms with Gasteiger partial charge in [-0.05, 0) is 40.5 Å². The summed E-state index contributed by atoms with van der Waals surface area (Å²) in [5.41, 5.74) is 1.73. The number of aryl methyl sites for hydroxylation is 1. The molecule has 5 nitrogen and oxygen atoms in total. The summed E-state index contributed by atoms with van der Waals surface area (Å²) in [6.07, 6.45) is 3.49. The summed E-state index contributed by atoms with van der Waals surface area (Å²) >= 11 is 3.45. The van der Waals surface area contributed by atoms with Crippen LogP contribution in [0.25, 0.3) is 0 Å². The fourth-order valence-electron chi connectivity index (χ4n) is 1.79. The number of nitrogens with zero attached hydrogens (tertiary/aromatic N) is 2. The molecule has 0 fully saturated rings. The Morgan fingerprint density at radius 1 is 1.35 bits per heavy atom. The van der Waals surface area contributed by atoms with E-state index in [2.05, 4.69) is 20.9 Å². The van der Waals surface area contributed by atoms with Gasteiger partial charge in [-0.3, -0.25) is 0 Å². The van der Waals surface area contributed by atoms with Gasteiger partial charge in [-0.15, -0.1) is 0 Å². The van der Waals surface area contributed by atoms with Crippen LogP contribution in [-0.4, -0.2) is 21.3 Å². The van der Waals surface area contributed by atoms with Gasteiger partial charge in [0.15, 0.2) is 11.5 Å². The summed E-state index contributed by atoms with van der Waals surface area (Å²) in [5.74, 6) is 1.25. The summed E-state index contributed by atoms with van der Waals surface area (Å²) in [5, 5.41) is 9.23. The highest BCUT2D eigenvalue weighted by molar-refractivity contribution is 9.10. The fraction of sp³-hybridized carbons (Fsp3) is 0.357. The predicted molar refractivity (Wildman–Crippen MR) is 78.8 cm³/mol. The number of rotatable bonds is 6. The molecule has 0 atom stereocenters. The van der Waals surface area contributed by atoms with Crippen LogP contribution in [0, 0.1) is 0 Å². The zero-order chi connectivity index (χ0) is 14.5. The van der Waals surface area contributed by atoms with Crippen molar-refractivity contribution in [2.75, 3.05) is 6.61 Å². The Labute approximate surface area is 126 Å². The summed E-state index contributed by atoms with van der Waals surface area (Å²) < 4.78 is 14.1. The molecule has 0 bridgehead atoms. The van der Waals surface area contributed by atoms with Crippen molar-refractivity contribution < 1.29 is 14.6 Å². The van der Waals surface area contributed by atoms with Gasteiger partial charge in [0, 0.05) is 7.05 Å². The van der Waals surface area contributed by atoms with Crippen molar-refractivity contribution in [1.82, 2.24) is 9.55 Å². The minimum atomic E-state index is -0.0410. The van der Waals surface area contributed by atoms with E-state index < -0.39 is 0 Å². The Balaban J connectivity index is 2.23. The molecule has 0 aliphatic carbocycles. The fourth-order valence-corrected chi connectivity index (χ4v) is 2.39. The van der Waals surface area contributed by atoms with E-state index in [0.717, 1.165) is 15.7 Å². The molecule has 1 aromatic heterocycles. The van der Waals surface area contributed by atoms with Gasteiger partial charge in [0.2, 0.25) is 0 Å². The first-order valence-corrected chi connectivity index (χ1v) is 7.09. The lowest BCUT2D eigenvalue weighted by molar-refractivity contribution is 0.258. The Kier molecular flexibility index (Phi) is 5.03. The minimum absolute atomic E-state index is 0.0410. The lowest BCUT2D eigenvalue weighted by Crippen LogP contribution is -2.04. The van der Waals surface area contributed by atoms with Crippen molar-refractivity contribution in [3.05, 3.63) is 40.4 Å². The summed E-state index contributed by atoms with van der Waals surface area (Å²) in [7, 11) is 1.92. The Hall–Kier alpha value is -1.53. The summed E-state index contributed by atoms with van der Waals surface area (Å²) in [6, 6.07) is 3.61. The third kappa shape index (κ3) is 3.32. The molecule has 2 rings (SSSR count). The Bertz CT molecular complexity index is 584. The normalized spacial score (nSPS) is 10.6. The standard InChI is InChI=1S/C14H17BrN2O3/c1-3-19-13-5-10(7-18)4-12(15)14(13)20-8-11-6-16-9-17(11)2/h4-6,9,18H,3,7-8H2,1-2H3. The molecule has 1 aromatic carbocycles. The molecule has 6 heteroatoms. The van der Waals surface area contributed by atoms with Crippen molar-refractivity contribution >= 4 is 15.9 Å². The van der Waals surface area contributed by atoms with Gasteiger partial charge in [-0.1, -0.05) is 0 Å². The van der Waals surface area contributed by atoms with Crippen LogP contribution in [0.5, 0.6) is 11.5 Å². The van der Waals surface area contributed by atoms with Gasteiger partial charge < -0.3 is 19.1 Å². The van der Waals surface area contributed by atoms with Gasteiger partial charge in [0.25, 0.3) is 0 Å². The molecule has 0 saturated carbocycles. The maximum atomic E-state index is 9.23. The van der Waals surface area contributed by atoms with E-state index in [0.29, 0.717) is 24.7 Å². The van der Waals surface area contributed by atoms with E-state index in [4.69, 9.17) is 9.47 Å². The molecule has 1 heterocycles. The van der Waals surface area contributed by atoms with Crippen LogP contribution in [0.4, 0.5) is 0 Å². The third-order valence-corrected chi connectivity index (χ3v) is 3.42. The molecule has 0 radical (unpaired) electrons. The number of halogens is 1. The number of aromatic nitrogens is 2. The zero-order valence-electron chi connectivity index (χ0n) is 11.5. The van der Waals surface area contributed by atoms with E-state index in [1.54, 1.807) is 18.6 Å². The summed E-state index contributed by atoms with van der Waals surface area (Å²) in [6.45, 7) is 2.79. The molecule has 0 aliphatic rings. The lowest BCUT2D eigenvalue weighted by atomic mass is 10.2. The summed E-state index contributed by atoms with van der Waals surface area (Å²) in [4.78, 5) is 4.05. The number of imidazole rings is 1. The molecule has 0 aliphatic heterocycles. The van der Waals surface area contributed by atoms with Crippen LogP contribution in [0.1, 0.15) is 18.2 Å². The largest absolute Gasteiger partial charge is 0.490 e. The van der Waals surface area contributed by atoms with Gasteiger partial charge in [0.05, 0.1) is 35.9 Å². The molecule has 0 unspecified atom stereocenters. The maximum absolute atomic E-state index is 9.23. The molecule has 2 aromatic rings. The van der Waals surface area contributed by atoms with E-state index in [1.807, 2.05) is 24.6 Å². The molecular formula is C14H17BrN2O3. The highest BCUT2D eigenvalue weighted by atomic mass is 79.9. The quantitative estimate of drug-likeness (QED) is 0.878. The second-order valence-electron chi connectivity index (χ2n) is 4.28. The van der Waals surface area contributed by atoms with Crippen molar-refractivity contribution in [1.29, 1.82) is 0 Å². The van der Waals surface area contributed by atoms with Crippen molar-refractivity contribution in [3.8, 4) is 11.5 Å². The first kappa shape index (κ1) is 14.9. The molecule has 20 heavy (non-hydrogen) atoms. The first-order chi connectivity index (χ1) is 9.65. The molecular weight excluding hydrogens is 324 g/mol. The number of aliphatic hydroxyl groups excluding tert-OH is 1. The third-order valence-electron chi connectivity index (χ3n) is 2.83. The van der Waals surface area contributed by atoms with Crippen molar-refractivity contribution in [2.45, 2.75) is 20.1 Å². The van der Waals surface area contributed by atoms with E-state index in [9.17, 15) is 5.11 Å². The van der Waals surface area contributed by atoms with E-state index in [-0.39, 0.29) is 6.61 Å². The van der Waals surface area contributed by atoms with Gasteiger partial charge in [-0.25, -0.2) is 4.98 Å². The van der Waals surface area contributed by atoms with Crippen LogP contribution in [-0.2, 0) is 20.3 Å². The number of benzene rings is 1. The van der Waals surface area contributed by atoms with Crippen LogP contribution in [0.15, 0.2) is 29.1 Å².